The molecule has 96 valence electrons. The van der Waals surface area contributed by atoms with Gasteiger partial charge >= 0.3 is 0 Å². The predicted molar refractivity (Wildman–Crippen MR) is 69.5 cm³/mol. The Hall–Kier alpha value is -3.00. The summed E-state index contributed by atoms with van der Waals surface area (Å²) in [7, 11) is 0. The quantitative estimate of drug-likeness (QED) is 0.776. The summed E-state index contributed by atoms with van der Waals surface area (Å²) in [5.74, 6) is -0.934. The third-order valence-corrected chi connectivity index (χ3v) is 3.22. The number of carbonyl (C=O) groups excluding carboxylic acids is 2. The Balaban J connectivity index is 2.06. The smallest absolute Gasteiger partial charge is 0.264 e. The van der Waals surface area contributed by atoms with Crippen molar-refractivity contribution in [2.75, 3.05) is 0 Å². The SMILES string of the molecule is N#CC(c1ccccc1)N1C(=O)c2ccncc2C1=O. The fourth-order valence-corrected chi connectivity index (χ4v) is 2.25. The van der Waals surface area contributed by atoms with Gasteiger partial charge in [0.05, 0.1) is 17.2 Å². The normalized spacial score (nSPS) is 14.8. The highest BCUT2D eigenvalue weighted by atomic mass is 16.2. The van der Waals surface area contributed by atoms with Crippen LogP contribution in [-0.2, 0) is 0 Å². The molecule has 0 saturated heterocycles. The first-order valence-electron chi connectivity index (χ1n) is 6.00. The minimum Gasteiger partial charge on any atom is -0.269 e. The van der Waals surface area contributed by atoms with E-state index in [0.717, 1.165) is 4.90 Å². The van der Waals surface area contributed by atoms with Gasteiger partial charge in [-0.3, -0.25) is 19.5 Å². The highest BCUT2D eigenvalue weighted by molar-refractivity contribution is 6.21. The molecule has 1 aromatic carbocycles. The molecule has 2 heterocycles. The number of amides is 2. The zero-order chi connectivity index (χ0) is 14.1. The number of hydrogen-bond donors (Lipinski definition) is 0. The maximum absolute atomic E-state index is 12.3. The van der Waals surface area contributed by atoms with E-state index in [-0.39, 0.29) is 5.56 Å². The maximum atomic E-state index is 12.3. The fraction of sp³-hybridized carbons (Fsp3) is 0.0667. The van der Waals surface area contributed by atoms with Gasteiger partial charge in [-0.25, -0.2) is 0 Å². The molecule has 2 aromatic rings. The summed E-state index contributed by atoms with van der Waals surface area (Å²) < 4.78 is 0. The van der Waals surface area contributed by atoms with Crippen LogP contribution in [0, 0.1) is 11.3 Å². The van der Waals surface area contributed by atoms with Gasteiger partial charge in [-0.05, 0) is 11.6 Å². The third-order valence-electron chi connectivity index (χ3n) is 3.22. The van der Waals surface area contributed by atoms with Gasteiger partial charge in [-0.1, -0.05) is 30.3 Å². The fourth-order valence-electron chi connectivity index (χ4n) is 2.25. The van der Waals surface area contributed by atoms with Crippen LogP contribution in [0.3, 0.4) is 0 Å². The lowest BCUT2D eigenvalue weighted by molar-refractivity contribution is 0.0618. The van der Waals surface area contributed by atoms with Gasteiger partial charge in [0.25, 0.3) is 11.8 Å². The molecule has 2 amide bonds. The van der Waals surface area contributed by atoms with Crippen molar-refractivity contribution in [3.8, 4) is 6.07 Å². The Morgan fingerprint density at radius 3 is 2.40 bits per heavy atom. The van der Waals surface area contributed by atoms with Gasteiger partial charge in [0.1, 0.15) is 0 Å². The van der Waals surface area contributed by atoms with Crippen molar-refractivity contribution in [1.82, 2.24) is 9.88 Å². The van der Waals surface area contributed by atoms with Gasteiger partial charge in [0.2, 0.25) is 0 Å². The van der Waals surface area contributed by atoms with Crippen LogP contribution in [0.5, 0.6) is 0 Å². The number of nitrogens with zero attached hydrogens (tertiary/aromatic N) is 3. The summed E-state index contributed by atoms with van der Waals surface area (Å²) in [4.78, 5) is 29.4. The van der Waals surface area contributed by atoms with Crippen LogP contribution in [0.25, 0.3) is 0 Å². The van der Waals surface area contributed by atoms with Crippen LogP contribution in [0.1, 0.15) is 32.3 Å². The monoisotopic (exact) mass is 263 g/mol. The van der Waals surface area contributed by atoms with Crippen molar-refractivity contribution in [2.24, 2.45) is 0 Å². The second-order valence-electron chi connectivity index (χ2n) is 4.34. The maximum Gasteiger partial charge on any atom is 0.264 e. The number of benzene rings is 1. The van der Waals surface area contributed by atoms with Crippen molar-refractivity contribution in [2.45, 2.75) is 6.04 Å². The highest BCUT2D eigenvalue weighted by Crippen LogP contribution is 2.30. The molecule has 3 rings (SSSR count). The first-order chi connectivity index (χ1) is 9.74. The van der Waals surface area contributed by atoms with Crippen molar-refractivity contribution in [3.63, 3.8) is 0 Å². The number of fused-ring (bicyclic) bond motifs is 1. The molecule has 1 aliphatic rings. The molecule has 0 bridgehead atoms. The van der Waals surface area contributed by atoms with Gasteiger partial charge in [-0.2, -0.15) is 5.26 Å². The minimum atomic E-state index is -0.927. The molecule has 0 radical (unpaired) electrons. The van der Waals surface area contributed by atoms with E-state index in [1.807, 2.05) is 12.1 Å². The van der Waals surface area contributed by atoms with E-state index in [1.54, 1.807) is 24.3 Å². The van der Waals surface area contributed by atoms with Gasteiger partial charge < -0.3 is 0 Å². The lowest BCUT2D eigenvalue weighted by atomic mass is 10.1. The van der Waals surface area contributed by atoms with Crippen molar-refractivity contribution < 1.29 is 9.59 Å². The molecule has 0 saturated carbocycles. The van der Waals surface area contributed by atoms with Crippen LogP contribution in [0.2, 0.25) is 0 Å². The Bertz CT molecular complexity index is 699. The molecule has 1 atom stereocenters. The first kappa shape index (κ1) is 12.1. The zero-order valence-corrected chi connectivity index (χ0v) is 10.4. The van der Waals surface area contributed by atoms with Crippen molar-refractivity contribution in [1.29, 1.82) is 5.26 Å². The van der Waals surface area contributed by atoms with Crippen molar-refractivity contribution >= 4 is 11.8 Å². The Morgan fingerprint density at radius 1 is 1.05 bits per heavy atom. The van der Waals surface area contributed by atoms with E-state index in [1.165, 1.54) is 18.5 Å². The summed E-state index contributed by atoms with van der Waals surface area (Å²) >= 11 is 0. The molecule has 0 fully saturated rings. The Kier molecular flexibility index (Phi) is 2.77. The summed E-state index contributed by atoms with van der Waals surface area (Å²) in [5.41, 5.74) is 1.15. The summed E-state index contributed by atoms with van der Waals surface area (Å²) in [5, 5.41) is 9.34. The molecule has 20 heavy (non-hydrogen) atoms. The predicted octanol–water partition coefficient (Wildman–Crippen LogP) is 1.94. The molecule has 5 nitrogen and oxygen atoms in total. The van der Waals surface area contributed by atoms with E-state index in [2.05, 4.69) is 4.98 Å². The number of hydrogen-bond acceptors (Lipinski definition) is 4. The topological polar surface area (TPSA) is 74.1 Å². The first-order valence-corrected chi connectivity index (χ1v) is 6.00. The molecule has 0 N–H and O–H groups in total. The molecule has 0 aliphatic carbocycles. The lowest BCUT2D eigenvalue weighted by Gasteiger charge is -2.20. The van der Waals surface area contributed by atoms with Crippen molar-refractivity contribution in [3.05, 3.63) is 65.5 Å². The van der Waals surface area contributed by atoms with Crippen LogP contribution >= 0.6 is 0 Å². The van der Waals surface area contributed by atoms with Crippen LogP contribution < -0.4 is 0 Å². The van der Waals surface area contributed by atoms with E-state index in [0.29, 0.717) is 11.1 Å². The highest BCUT2D eigenvalue weighted by Gasteiger charge is 2.40. The van der Waals surface area contributed by atoms with Gasteiger partial charge in [0.15, 0.2) is 6.04 Å². The number of carbonyl (C=O) groups is 2. The molecule has 1 unspecified atom stereocenters. The Morgan fingerprint density at radius 2 is 1.75 bits per heavy atom. The lowest BCUT2D eigenvalue weighted by Crippen LogP contribution is -2.33. The summed E-state index contributed by atoms with van der Waals surface area (Å²) in [6.07, 6.45) is 2.81. The molecular weight excluding hydrogens is 254 g/mol. The second-order valence-corrected chi connectivity index (χ2v) is 4.34. The number of aromatic nitrogens is 1. The van der Waals surface area contributed by atoms with Crippen LogP contribution in [0.4, 0.5) is 0 Å². The zero-order valence-electron chi connectivity index (χ0n) is 10.4. The number of nitriles is 1. The molecular formula is C15H9N3O2. The van der Waals surface area contributed by atoms with Gasteiger partial charge in [-0.15, -0.1) is 0 Å². The van der Waals surface area contributed by atoms with Gasteiger partial charge in [0, 0.05) is 12.4 Å². The molecule has 0 spiro atoms. The largest absolute Gasteiger partial charge is 0.269 e. The van der Waals surface area contributed by atoms with E-state index in [9.17, 15) is 14.9 Å². The number of imide groups is 1. The average molecular weight is 263 g/mol. The standard InChI is InChI=1S/C15H9N3O2/c16-8-13(10-4-2-1-3-5-10)18-14(19)11-6-7-17-9-12(11)15(18)20/h1-7,9,13H. The minimum absolute atomic E-state index is 0.244. The number of pyridine rings is 1. The van der Waals surface area contributed by atoms with E-state index >= 15 is 0 Å². The van der Waals surface area contributed by atoms with E-state index < -0.39 is 17.9 Å². The van der Waals surface area contributed by atoms with Crippen LogP contribution in [0.15, 0.2) is 48.8 Å². The Labute approximate surface area is 115 Å². The average Bonchev–Trinajstić information content (AvgIpc) is 2.75. The summed E-state index contributed by atoms with van der Waals surface area (Å²) in [6.45, 7) is 0. The summed E-state index contributed by atoms with van der Waals surface area (Å²) in [6, 6.07) is 11.4. The van der Waals surface area contributed by atoms with E-state index in [4.69, 9.17) is 0 Å². The molecule has 5 heteroatoms. The second kappa shape index (κ2) is 4.59. The van der Waals surface area contributed by atoms with Crippen LogP contribution in [-0.4, -0.2) is 21.7 Å². The molecule has 1 aromatic heterocycles. The third kappa shape index (κ3) is 1.67. The molecule has 1 aliphatic heterocycles. The number of rotatable bonds is 2.